The molecular weight excluding hydrogens is 470 g/mol. The van der Waals surface area contributed by atoms with E-state index in [2.05, 4.69) is 10.6 Å². The van der Waals surface area contributed by atoms with Crippen molar-refractivity contribution < 1.29 is 19.1 Å². The van der Waals surface area contributed by atoms with Gasteiger partial charge in [-0.1, -0.05) is 42.0 Å². The van der Waals surface area contributed by atoms with Gasteiger partial charge < -0.3 is 21.1 Å². The number of primary amides is 1. The van der Waals surface area contributed by atoms with Crippen molar-refractivity contribution in [1.29, 1.82) is 0 Å². The fourth-order valence-corrected chi connectivity index (χ4v) is 3.67. The van der Waals surface area contributed by atoms with Gasteiger partial charge in [0.15, 0.2) is 0 Å². The number of ether oxygens (including phenoxy) is 1. The van der Waals surface area contributed by atoms with Crippen LogP contribution >= 0.6 is 0 Å². The Hall–Kier alpha value is -4.92. The van der Waals surface area contributed by atoms with Gasteiger partial charge in [-0.25, -0.2) is 4.68 Å². The molecule has 0 fully saturated rings. The molecule has 0 aliphatic carbocycles. The first-order chi connectivity index (χ1) is 17.8. The van der Waals surface area contributed by atoms with E-state index in [0.29, 0.717) is 22.6 Å². The highest BCUT2D eigenvalue weighted by atomic mass is 16.5. The first kappa shape index (κ1) is 25.2. The van der Waals surface area contributed by atoms with Crippen molar-refractivity contribution in [1.82, 2.24) is 20.4 Å². The van der Waals surface area contributed by atoms with Crippen LogP contribution in [0.15, 0.2) is 79.0 Å². The Bertz CT molecular complexity index is 1430. The van der Waals surface area contributed by atoms with Gasteiger partial charge in [0.25, 0.3) is 11.8 Å². The Morgan fingerprint density at radius 1 is 0.946 bits per heavy atom. The second-order valence-corrected chi connectivity index (χ2v) is 8.43. The number of benzene rings is 3. The highest BCUT2D eigenvalue weighted by Crippen LogP contribution is 2.27. The Balaban J connectivity index is 1.55. The van der Waals surface area contributed by atoms with Gasteiger partial charge in [0.05, 0.1) is 24.9 Å². The average Bonchev–Trinajstić information content (AvgIpc) is 3.37. The minimum absolute atomic E-state index is 0.234. The summed E-state index contributed by atoms with van der Waals surface area (Å²) in [6.07, 6.45) is 1.71. The van der Waals surface area contributed by atoms with Crippen LogP contribution in [-0.2, 0) is 11.3 Å². The number of hydrogen-bond donors (Lipinski definition) is 3. The van der Waals surface area contributed by atoms with Crippen LogP contribution in [0.4, 0.5) is 0 Å². The largest absolute Gasteiger partial charge is 0.497 e. The summed E-state index contributed by atoms with van der Waals surface area (Å²) in [7, 11) is 1.59. The number of nitrogens with one attached hydrogen (secondary N) is 2. The molecule has 9 heteroatoms. The molecule has 0 atom stereocenters. The number of hydrogen-bond acceptors (Lipinski definition) is 5. The third kappa shape index (κ3) is 6.21. The fourth-order valence-electron chi connectivity index (χ4n) is 3.67. The number of methoxy groups -OCH3 is 1. The molecule has 0 bridgehead atoms. The van der Waals surface area contributed by atoms with Crippen molar-refractivity contribution in [2.45, 2.75) is 13.5 Å². The van der Waals surface area contributed by atoms with Crippen LogP contribution in [0.1, 0.15) is 31.8 Å². The molecule has 188 valence electrons. The molecule has 3 amide bonds. The summed E-state index contributed by atoms with van der Waals surface area (Å²) in [5.41, 5.74) is 9.89. The zero-order valence-corrected chi connectivity index (χ0v) is 20.5. The van der Waals surface area contributed by atoms with Gasteiger partial charge >= 0.3 is 0 Å². The maximum atomic E-state index is 13.3. The smallest absolute Gasteiger partial charge is 0.255 e. The topological polar surface area (TPSA) is 128 Å². The van der Waals surface area contributed by atoms with E-state index in [1.807, 2.05) is 55.5 Å². The molecule has 1 heterocycles. The third-order valence-electron chi connectivity index (χ3n) is 5.69. The Labute approximate surface area is 214 Å². The number of carbonyl (C=O) groups excluding carboxylic acids is 3. The molecule has 4 aromatic rings. The summed E-state index contributed by atoms with van der Waals surface area (Å²) < 4.78 is 7.04. The molecule has 0 saturated carbocycles. The van der Waals surface area contributed by atoms with E-state index in [1.165, 1.54) is 0 Å². The van der Waals surface area contributed by atoms with Gasteiger partial charge in [0.2, 0.25) is 5.91 Å². The molecule has 0 aliphatic rings. The van der Waals surface area contributed by atoms with Crippen LogP contribution in [0, 0.1) is 6.92 Å². The summed E-state index contributed by atoms with van der Waals surface area (Å²) in [4.78, 5) is 36.2. The zero-order valence-electron chi connectivity index (χ0n) is 20.5. The Morgan fingerprint density at radius 2 is 1.68 bits per heavy atom. The lowest BCUT2D eigenvalue weighted by atomic mass is 10.1. The molecule has 3 aromatic carbocycles. The second-order valence-electron chi connectivity index (χ2n) is 8.43. The number of nitrogens with two attached hydrogens (primary N) is 1. The number of carbonyl (C=O) groups is 3. The standard InChI is InChI=1S/C28H27N5O4/c1-18-6-12-22(13-7-18)33-17-24(26(32-33)21-4-3-5-23(14-21)37-2)28(36)30-15-19-8-10-20(11-9-19)27(35)31-16-25(29)34/h3-14,17H,15-16H2,1-2H3,(H2,29,34)(H,30,36)(H,31,35). The van der Waals surface area contributed by atoms with Crippen molar-refractivity contribution >= 4 is 17.7 Å². The predicted molar refractivity (Wildman–Crippen MR) is 139 cm³/mol. The molecule has 4 N–H and O–H groups in total. The van der Waals surface area contributed by atoms with Gasteiger partial charge in [-0.3, -0.25) is 14.4 Å². The van der Waals surface area contributed by atoms with Gasteiger partial charge in [-0.15, -0.1) is 0 Å². The van der Waals surface area contributed by atoms with Crippen molar-refractivity contribution in [3.05, 3.63) is 101 Å². The fraction of sp³-hybridized carbons (Fsp3) is 0.143. The van der Waals surface area contributed by atoms with E-state index in [4.69, 9.17) is 15.6 Å². The van der Waals surface area contributed by atoms with E-state index >= 15 is 0 Å². The lowest BCUT2D eigenvalue weighted by Gasteiger charge is -2.08. The Morgan fingerprint density at radius 3 is 2.35 bits per heavy atom. The molecule has 4 rings (SSSR count). The van der Waals surface area contributed by atoms with Gasteiger partial charge in [0.1, 0.15) is 11.4 Å². The lowest BCUT2D eigenvalue weighted by Crippen LogP contribution is -2.33. The average molecular weight is 498 g/mol. The summed E-state index contributed by atoms with van der Waals surface area (Å²) in [5.74, 6) is -0.652. The molecule has 0 saturated heterocycles. The van der Waals surface area contributed by atoms with Gasteiger partial charge in [-0.2, -0.15) is 5.10 Å². The quantitative estimate of drug-likeness (QED) is 0.328. The van der Waals surface area contributed by atoms with E-state index in [1.54, 1.807) is 42.3 Å². The van der Waals surface area contributed by atoms with E-state index in [-0.39, 0.29) is 19.0 Å². The van der Waals surface area contributed by atoms with Crippen molar-refractivity contribution in [2.75, 3.05) is 13.7 Å². The van der Waals surface area contributed by atoms with Gasteiger partial charge in [0, 0.05) is 23.9 Å². The van der Waals surface area contributed by atoms with Crippen LogP contribution in [0.5, 0.6) is 5.75 Å². The number of rotatable bonds is 9. The summed E-state index contributed by atoms with van der Waals surface area (Å²) in [6.45, 7) is 2.02. The van der Waals surface area contributed by atoms with Crippen LogP contribution in [0.25, 0.3) is 16.9 Å². The summed E-state index contributed by atoms with van der Waals surface area (Å²) in [5, 5.41) is 10.1. The zero-order chi connectivity index (χ0) is 26.4. The first-order valence-corrected chi connectivity index (χ1v) is 11.6. The molecule has 0 radical (unpaired) electrons. The third-order valence-corrected chi connectivity index (χ3v) is 5.69. The minimum Gasteiger partial charge on any atom is -0.497 e. The minimum atomic E-state index is -0.619. The predicted octanol–water partition coefficient (Wildman–Crippen LogP) is 3.00. The monoisotopic (exact) mass is 497 g/mol. The van der Waals surface area contributed by atoms with Crippen LogP contribution in [0.3, 0.4) is 0 Å². The van der Waals surface area contributed by atoms with Crippen molar-refractivity contribution in [3.8, 4) is 22.7 Å². The van der Waals surface area contributed by atoms with Crippen LogP contribution in [-0.4, -0.2) is 41.2 Å². The van der Waals surface area contributed by atoms with Crippen molar-refractivity contribution in [3.63, 3.8) is 0 Å². The number of nitrogens with zero attached hydrogens (tertiary/aromatic N) is 2. The van der Waals surface area contributed by atoms with Crippen LogP contribution < -0.4 is 21.1 Å². The summed E-state index contributed by atoms with van der Waals surface area (Å²) >= 11 is 0. The van der Waals surface area contributed by atoms with Gasteiger partial charge in [-0.05, 0) is 48.9 Å². The molecule has 0 spiro atoms. The molecule has 9 nitrogen and oxygen atoms in total. The molecule has 0 aliphatic heterocycles. The maximum Gasteiger partial charge on any atom is 0.255 e. The van der Waals surface area contributed by atoms with Crippen LogP contribution in [0.2, 0.25) is 0 Å². The second kappa shape index (κ2) is 11.2. The number of aromatic nitrogens is 2. The SMILES string of the molecule is COc1cccc(-c2nn(-c3ccc(C)cc3)cc2C(=O)NCc2ccc(C(=O)NCC(N)=O)cc2)c1. The summed E-state index contributed by atoms with van der Waals surface area (Å²) in [6, 6.07) is 22.0. The Kier molecular flexibility index (Phi) is 7.63. The highest BCUT2D eigenvalue weighted by Gasteiger charge is 2.19. The normalized spacial score (nSPS) is 10.5. The lowest BCUT2D eigenvalue weighted by molar-refractivity contribution is -0.117. The number of aryl methyl sites for hydroxylation is 1. The molecular formula is C28H27N5O4. The number of amides is 3. The maximum absolute atomic E-state index is 13.3. The van der Waals surface area contributed by atoms with E-state index in [0.717, 1.165) is 22.4 Å². The molecule has 0 unspecified atom stereocenters. The van der Waals surface area contributed by atoms with E-state index < -0.39 is 11.8 Å². The van der Waals surface area contributed by atoms with Crippen molar-refractivity contribution in [2.24, 2.45) is 5.73 Å². The highest BCUT2D eigenvalue weighted by molar-refractivity contribution is 6.00. The molecule has 37 heavy (non-hydrogen) atoms. The van der Waals surface area contributed by atoms with E-state index in [9.17, 15) is 14.4 Å². The molecule has 1 aromatic heterocycles. The first-order valence-electron chi connectivity index (χ1n) is 11.6.